The van der Waals surface area contributed by atoms with Crippen LogP contribution in [-0.4, -0.2) is 176 Å². The molecule has 3 aliphatic heterocycles. The quantitative estimate of drug-likeness (QED) is 0.00551. The molecular formula is C100H145N11O20. The fourth-order valence-electron chi connectivity index (χ4n) is 13.6. The van der Waals surface area contributed by atoms with E-state index >= 15 is 0 Å². The lowest BCUT2D eigenvalue weighted by atomic mass is 9.83. The molecule has 0 saturated heterocycles. The van der Waals surface area contributed by atoms with Crippen LogP contribution < -0.4 is 54.0 Å². The maximum atomic E-state index is 13.7. The van der Waals surface area contributed by atoms with Crippen molar-refractivity contribution in [2.75, 3.05) is 44.6 Å². The fourth-order valence-corrected chi connectivity index (χ4v) is 13.6. The number of unbranched alkanes of at least 4 members (excludes halogenated alkanes) is 2. The van der Waals surface area contributed by atoms with Gasteiger partial charge in [0.15, 0.2) is 17.3 Å². The van der Waals surface area contributed by atoms with Gasteiger partial charge in [0, 0.05) is 156 Å². The molecule has 0 aromatic heterocycles. The number of ketones is 3. The zero-order chi connectivity index (χ0) is 97.6. The van der Waals surface area contributed by atoms with Crippen molar-refractivity contribution in [1.82, 2.24) is 42.1 Å². The molecule has 31 heteroatoms. The number of benzene rings is 1. The Morgan fingerprint density at radius 1 is 0.542 bits per heavy atom. The lowest BCUT2D eigenvalue weighted by Crippen LogP contribution is -2.48. The maximum absolute atomic E-state index is 13.7. The number of carbonyl (C=O) groups is 15. The number of rotatable bonds is 54. The number of ether oxygens (including phenoxy) is 5. The highest BCUT2D eigenvalue weighted by atomic mass is 16.6. The Kier molecular flexibility index (Phi) is 53.0. The average Bonchev–Trinajstić information content (AvgIpc) is 1.66. The van der Waals surface area contributed by atoms with E-state index in [0.29, 0.717) is 113 Å². The Morgan fingerprint density at radius 2 is 0.992 bits per heavy atom. The molecular weight excluding hydrogens is 1680 g/mol. The van der Waals surface area contributed by atoms with Gasteiger partial charge >= 0.3 is 36.2 Å². The van der Waals surface area contributed by atoms with Gasteiger partial charge in [0.1, 0.15) is 31.0 Å². The Balaban J connectivity index is 0.000000841. The number of cyclic esters (lactones) is 2. The van der Waals surface area contributed by atoms with E-state index in [-0.39, 0.29) is 154 Å². The smallest absolute Gasteiger partial charge is 0.407 e. The number of urea groups is 1. The van der Waals surface area contributed by atoms with Crippen LogP contribution >= 0.6 is 0 Å². The summed E-state index contributed by atoms with van der Waals surface area (Å²) in [4.78, 5) is 189. The largest absolute Gasteiger partial charge is 0.458 e. The molecule has 11 amide bonds. The lowest BCUT2D eigenvalue weighted by Gasteiger charge is -2.29. The molecule has 4 rings (SSSR count). The van der Waals surface area contributed by atoms with Crippen LogP contribution in [0.2, 0.25) is 0 Å². The van der Waals surface area contributed by atoms with Gasteiger partial charge in [0.25, 0.3) is 11.8 Å². The summed E-state index contributed by atoms with van der Waals surface area (Å²) in [6.07, 6.45) is 41.4. The Labute approximate surface area is 774 Å². The number of esters is 2. The minimum Gasteiger partial charge on any atom is -0.458 e. The molecule has 10 atom stereocenters. The molecule has 1 aromatic rings. The molecule has 0 spiro atoms. The number of hydrogen-bond donors (Lipinski definition) is 10. The zero-order valence-corrected chi connectivity index (χ0v) is 79.6. The number of allylic oxidation sites excluding steroid dienone is 12. The number of Topliss-reactive ketones (excluding diaryl/α,β-unsaturated/α-hetero) is 3. The van der Waals surface area contributed by atoms with Crippen molar-refractivity contribution in [3.8, 4) is 0 Å². The highest BCUT2D eigenvalue weighted by molar-refractivity contribution is 6.13. The predicted molar refractivity (Wildman–Crippen MR) is 506 cm³/mol. The standard InChI is InChI=1S/C65H92N8O14.C35H53N3O6/c1-10-11-23-50(24-15-16-25-51(74)59(65(7,8)9)72-55(77)27-17-14-21-44(4)40-46(6)53-33-28-45(5)61(81)87-53)86-64(84)69-38-20-37-68-63(83)85-42-47-29-31-49(32-30-47)70-60(80)48(22-19-36-67-62(66)82)41-52(75)58(43(2)3)71-54(76)26-13-12-18-39-73-56(78)34-35-57(73)79;1-8-9-16-28(43-34(42)37-23-14-22-36)17-11-12-18-29(39)32(35(5,6)7)38-31(40)19-13-10-15-25(2)24-27(4)30-21-20-26(3)33(41)44-30/h10-11,14-17,21,27-32,34-35,40,43,46,48,50,53,58-59H,12-13,18-20,22-26,33,36-39,41-42H2,1-9H3,(H,68,83)(H,69,84)(H,70,80)(H,71,76)(H,72,77)(H3,66,67,82);8-13,15,19-20,24,27-28,30,32H,14,16-18,21-23,36H2,1-7H3,(H,37,42)(H,38,40)/b11-10-,16-15-,21-14-,27-17-,44-40+;9-8-,12-11-,15-10-,19-13-,25-24+/t46-,48+,50-,53-,58-,59+;27-,28-,30-,32+/m00/s1. The van der Waals surface area contributed by atoms with Crippen molar-refractivity contribution in [2.45, 2.75) is 269 Å². The summed E-state index contributed by atoms with van der Waals surface area (Å²) in [7, 11) is 0. The molecule has 3 aliphatic rings. The van der Waals surface area contributed by atoms with Crippen LogP contribution in [0.15, 0.2) is 180 Å². The lowest BCUT2D eigenvalue weighted by molar-refractivity contribution is -0.148. The molecule has 3 heterocycles. The monoisotopic (exact) mass is 1820 g/mol. The summed E-state index contributed by atoms with van der Waals surface area (Å²) >= 11 is 0. The molecule has 0 saturated carbocycles. The number of nitrogens with one attached hydrogen (secondary N) is 8. The van der Waals surface area contributed by atoms with Gasteiger partial charge in [0.05, 0.1) is 18.1 Å². The summed E-state index contributed by atoms with van der Waals surface area (Å²) in [5, 5.41) is 21.8. The van der Waals surface area contributed by atoms with Gasteiger partial charge in [-0.15, -0.1) is 0 Å². The highest BCUT2D eigenvalue weighted by Crippen LogP contribution is 2.28. The Bertz CT molecular complexity index is 4370. The Morgan fingerprint density at radius 3 is 1.44 bits per heavy atom. The first-order valence-corrected chi connectivity index (χ1v) is 45.3. The van der Waals surface area contributed by atoms with Gasteiger partial charge in [-0.3, -0.25) is 48.1 Å². The average molecular weight is 1820 g/mol. The number of nitrogens with two attached hydrogens (primary N) is 2. The number of amides is 11. The molecule has 0 unspecified atom stereocenters. The topological polar surface area (TPSA) is 454 Å². The summed E-state index contributed by atoms with van der Waals surface area (Å²) in [6.45, 7) is 31.7. The fraction of sp³-hybridized carbons (Fsp3) is 0.530. The zero-order valence-electron chi connectivity index (χ0n) is 79.6. The van der Waals surface area contributed by atoms with Crippen molar-refractivity contribution < 1.29 is 95.6 Å². The normalized spacial score (nSPS) is 17.0. The molecule has 12 N–H and O–H groups in total. The number of hydrogen-bond acceptors (Lipinski definition) is 21. The second-order valence-corrected chi connectivity index (χ2v) is 35.2. The number of alkyl carbamates (subject to hydrolysis) is 3. The third kappa shape index (κ3) is 47.8. The van der Waals surface area contributed by atoms with Crippen molar-refractivity contribution >= 4 is 94.7 Å². The van der Waals surface area contributed by atoms with Crippen LogP contribution in [0, 0.1) is 34.5 Å². The van der Waals surface area contributed by atoms with E-state index in [4.69, 9.17) is 35.2 Å². The van der Waals surface area contributed by atoms with E-state index < -0.39 is 77.1 Å². The summed E-state index contributed by atoms with van der Waals surface area (Å²) in [5.41, 5.74) is 13.8. The van der Waals surface area contributed by atoms with Crippen molar-refractivity contribution in [3.05, 3.63) is 186 Å². The molecule has 31 nitrogen and oxygen atoms in total. The number of nitrogens with zero attached hydrogens (tertiary/aromatic N) is 1. The van der Waals surface area contributed by atoms with E-state index in [9.17, 15) is 71.9 Å². The minimum atomic E-state index is -0.863. The van der Waals surface area contributed by atoms with Crippen LogP contribution in [0.5, 0.6) is 0 Å². The SMILES string of the molecule is C/C=C\C[C@@H](C/C=C\CC(=O)[C@@H](NC(=O)\C=C/C=C\C(C)=C\[C@H](C)[C@@H]1CC=C(C)C(=O)O1)C(C)(C)C)OC(=O)NCCCN.C/C=C\C[C@@H](C/C=C\CC(=O)[C@@H](NC(=O)\C=C/C=C\C(C)=C\[C@H](C)[C@@H]1CC=C(C)C(=O)O1)C(C)(C)C)OC(=O)NCCCNC(=O)OCc1ccc(NC(=O)[C@H](CCCNC(N)=O)CC(=O)[C@@H](NC(=O)CCCCCN2C(=O)C=CC2=O)C(C)C)cc1. The Hall–Kier alpha value is -12.2. The first kappa shape index (κ1) is 113. The van der Waals surface area contributed by atoms with E-state index in [1.54, 1.807) is 94.5 Å². The second-order valence-electron chi connectivity index (χ2n) is 35.2. The van der Waals surface area contributed by atoms with Crippen LogP contribution in [0.4, 0.5) is 24.9 Å². The molecule has 0 radical (unpaired) electrons. The molecule has 131 heavy (non-hydrogen) atoms. The van der Waals surface area contributed by atoms with Crippen molar-refractivity contribution in [2.24, 2.45) is 46.0 Å². The van der Waals surface area contributed by atoms with Crippen molar-refractivity contribution in [3.63, 3.8) is 0 Å². The van der Waals surface area contributed by atoms with Gasteiger partial charge in [-0.1, -0.05) is 208 Å². The third-order valence-corrected chi connectivity index (χ3v) is 21.2. The van der Waals surface area contributed by atoms with Crippen LogP contribution in [0.3, 0.4) is 0 Å². The first-order valence-electron chi connectivity index (χ1n) is 45.3. The predicted octanol–water partition coefficient (Wildman–Crippen LogP) is 14.1. The molecule has 0 bridgehead atoms. The number of anilines is 1. The summed E-state index contributed by atoms with van der Waals surface area (Å²) < 4.78 is 27.5. The van der Waals surface area contributed by atoms with Crippen LogP contribution in [0.25, 0.3) is 0 Å². The van der Waals surface area contributed by atoms with Gasteiger partial charge in [0.2, 0.25) is 23.6 Å². The highest BCUT2D eigenvalue weighted by Gasteiger charge is 2.35. The van der Waals surface area contributed by atoms with Crippen LogP contribution in [0.1, 0.15) is 225 Å². The van der Waals surface area contributed by atoms with Crippen molar-refractivity contribution in [1.29, 1.82) is 0 Å². The summed E-state index contributed by atoms with van der Waals surface area (Å²) in [6, 6.07) is 3.52. The molecule has 0 fully saturated rings. The van der Waals surface area contributed by atoms with Gasteiger partial charge < -0.3 is 77.7 Å². The molecule has 0 aliphatic carbocycles. The van der Waals surface area contributed by atoms with Crippen LogP contribution in [-0.2, 0) is 83.0 Å². The van der Waals surface area contributed by atoms with E-state index in [1.165, 1.54) is 24.3 Å². The van der Waals surface area contributed by atoms with Gasteiger partial charge in [-0.2, -0.15) is 0 Å². The third-order valence-electron chi connectivity index (χ3n) is 21.2. The van der Waals surface area contributed by atoms with E-state index in [1.807, 2.05) is 150 Å². The number of imide groups is 1. The minimum absolute atomic E-state index is 0.000629. The van der Waals surface area contributed by atoms with E-state index in [2.05, 4.69) is 42.5 Å². The summed E-state index contributed by atoms with van der Waals surface area (Å²) in [5.74, 6) is -4.54. The van der Waals surface area contributed by atoms with Gasteiger partial charge in [-0.05, 0) is 121 Å². The van der Waals surface area contributed by atoms with Gasteiger partial charge in [-0.25, -0.2) is 28.8 Å². The molecule has 1 aromatic carbocycles. The first-order chi connectivity index (χ1) is 62.0. The van der Waals surface area contributed by atoms with E-state index in [0.717, 1.165) is 16.0 Å². The maximum Gasteiger partial charge on any atom is 0.407 e. The second kappa shape index (κ2) is 61.4. The molecule has 720 valence electrons. The number of primary amides is 1. The number of carbonyl (C=O) groups excluding carboxylic acids is 15.